The van der Waals surface area contributed by atoms with Gasteiger partial charge in [-0.3, -0.25) is 0 Å². The molecule has 0 aliphatic heterocycles. The van der Waals surface area contributed by atoms with Crippen molar-refractivity contribution in [2.24, 2.45) is 23.2 Å². The molecular weight excluding hydrogens is 172 g/mol. The van der Waals surface area contributed by atoms with Gasteiger partial charge in [0.1, 0.15) is 0 Å². The van der Waals surface area contributed by atoms with Crippen LogP contribution >= 0.6 is 0 Å². The largest absolute Gasteiger partial charge is 0.389 e. The molecule has 0 saturated carbocycles. The first-order valence-electron chi connectivity index (χ1n) is 5.80. The fraction of sp³-hybridized carbons (Fsp3) is 1.00. The van der Waals surface area contributed by atoms with Gasteiger partial charge in [0.05, 0.1) is 5.60 Å². The number of hydrogen-bond donors (Lipinski definition) is 1. The van der Waals surface area contributed by atoms with E-state index in [0.29, 0.717) is 17.8 Å². The summed E-state index contributed by atoms with van der Waals surface area (Å²) in [7, 11) is 0. The lowest BCUT2D eigenvalue weighted by Crippen LogP contribution is -2.55. The Labute approximate surface area is 89.9 Å². The molecule has 0 radical (unpaired) electrons. The predicted octanol–water partition coefficient (Wildman–Crippen LogP) is 3.71. The third-order valence-electron chi connectivity index (χ3n) is 4.24. The van der Waals surface area contributed by atoms with E-state index >= 15 is 0 Å². The van der Waals surface area contributed by atoms with E-state index in [-0.39, 0.29) is 5.41 Å². The molecule has 14 heavy (non-hydrogen) atoms. The summed E-state index contributed by atoms with van der Waals surface area (Å²) in [5, 5.41) is 10.9. The van der Waals surface area contributed by atoms with Gasteiger partial charge in [-0.15, -0.1) is 0 Å². The zero-order chi connectivity index (χ0) is 11.7. The Morgan fingerprint density at radius 3 is 1.07 bits per heavy atom. The van der Waals surface area contributed by atoms with Gasteiger partial charge in [0.25, 0.3) is 0 Å². The van der Waals surface area contributed by atoms with Gasteiger partial charge in [-0.1, -0.05) is 55.4 Å². The van der Waals surface area contributed by atoms with Crippen LogP contribution in [0.25, 0.3) is 0 Å². The third kappa shape index (κ3) is 1.98. The molecule has 0 aromatic carbocycles. The van der Waals surface area contributed by atoms with Crippen LogP contribution in [0.5, 0.6) is 0 Å². The highest BCUT2D eigenvalue weighted by molar-refractivity contribution is 4.99. The molecule has 1 nitrogen and oxygen atoms in total. The summed E-state index contributed by atoms with van der Waals surface area (Å²) < 4.78 is 0. The van der Waals surface area contributed by atoms with E-state index in [2.05, 4.69) is 55.4 Å². The van der Waals surface area contributed by atoms with Gasteiger partial charge in [-0.2, -0.15) is 0 Å². The van der Waals surface area contributed by atoms with Crippen molar-refractivity contribution in [3.05, 3.63) is 0 Å². The predicted molar refractivity (Wildman–Crippen MR) is 63.2 cm³/mol. The SMILES string of the molecule is CC(C)C(C)(C)C(O)(C(C)C)C(C)C. The number of aliphatic hydroxyl groups is 1. The van der Waals surface area contributed by atoms with Crippen LogP contribution in [0.4, 0.5) is 0 Å². The molecule has 0 heterocycles. The number of hydrogen-bond acceptors (Lipinski definition) is 1. The van der Waals surface area contributed by atoms with Crippen LogP contribution in [0, 0.1) is 23.2 Å². The van der Waals surface area contributed by atoms with Crippen molar-refractivity contribution < 1.29 is 5.11 Å². The van der Waals surface area contributed by atoms with Crippen LogP contribution in [0.1, 0.15) is 55.4 Å². The second-order valence-electron chi connectivity index (χ2n) is 6.01. The Balaban J connectivity index is 5.21. The Kier molecular flexibility index (Phi) is 4.21. The molecule has 0 amide bonds. The number of rotatable bonds is 4. The van der Waals surface area contributed by atoms with E-state index in [1.54, 1.807) is 0 Å². The molecule has 0 aromatic heterocycles. The summed E-state index contributed by atoms with van der Waals surface area (Å²) >= 11 is 0. The Morgan fingerprint density at radius 1 is 0.714 bits per heavy atom. The topological polar surface area (TPSA) is 20.2 Å². The minimum atomic E-state index is -0.582. The van der Waals surface area contributed by atoms with Gasteiger partial charge < -0.3 is 5.11 Å². The zero-order valence-electron chi connectivity index (χ0n) is 11.2. The summed E-state index contributed by atoms with van der Waals surface area (Å²) in [6.07, 6.45) is 0. The lowest BCUT2D eigenvalue weighted by molar-refractivity contribution is -0.154. The van der Waals surface area contributed by atoms with Crippen molar-refractivity contribution in [3.63, 3.8) is 0 Å². The Bertz CT molecular complexity index is 170. The van der Waals surface area contributed by atoms with E-state index in [9.17, 15) is 5.11 Å². The fourth-order valence-corrected chi connectivity index (χ4v) is 2.62. The van der Waals surface area contributed by atoms with Crippen molar-refractivity contribution >= 4 is 0 Å². The maximum absolute atomic E-state index is 10.9. The quantitative estimate of drug-likeness (QED) is 0.733. The van der Waals surface area contributed by atoms with Crippen molar-refractivity contribution in [2.75, 3.05) is 0 Å². The zero-order valence-corrected chi connectivity index (χ0v) is 11.2. The molecular formula is C13H28O. The van der Waals surface area contributed by atoms with Crippen LogP contribution < -0.4 is 0 Å². The third-order valence-corrected chi connectivity index (χ3v) is 4.24. The Hall–Kier alpha value is -0.0400. The van der Waals surface area contributed by atoms with Crippen molar-refractivity contribution in [1.82, 2.24) is 0 Å². The van der Waals surface area contributed by atoms with Crippen LogP contribution in [0.3, 0.4) is 0 Å². The molecule has 0 aromatic rings. The lowest BCUT2D eigenvalue weighted by atomic mass is 9.59. The summed E-state index contributed by atoms with van der Waals surface area (Å²) in [4.78, 5) is 0. The van der Waals surface area contributed by atoms with E-state index < -0.39 is 5.60 Å². The van der Waals surface area contributed by atoms with E-state index in [1.807, 2.05) is 0 Å². The summed E-state index contributed by atoms with van der Waals surface area (Å²) in [5.41, 5.74) is -0.628. The van der Waals surface area contributed by atoms with Gasteiger partial charge >= 0.3 is 0 Å². The highest BCUT2D eigenvalue weighted by Gasteiger charge is 2.49. The first-order chi connectivity index (χ1) is 6.08. The molecule has 0 saturated heterocycles. The molecule has 0 bridgehead atoms. The Morgan fingerprint density at radius 2 is 1.00 bits per heavy atom. The average molecular weight is 200 g/mol. The van der Waals surface area contributed by atoms with E-state index in [0.717, 1.165) is 0 Å². The maximum Gasteiger partial charge on any atom is 0.0746 e. The second kappa shape index (κ2) is 4.22. The van der Waals surface area contributed by atoms with E-state index in [4.69, 9.17) is 0 Å². The van der Waals surface area contributed by atoms with Crippen LogP contribution in [0.2, 0.25) is 0 Å². The standard InChI is InChI=1S/C13H28O/c1-9(2)12(7,8)13(14,10(3)4)11(5)6/h9-11,14H,1-8H3. The molecule has 0 spiro atoms. The molecule has 0 unspecified atom stereocenters. The minimum Gasteiger partial charge on any atom is -0.389 e. The van der Waals surface area contributed by atoms with Crippen molar-refractivity contribution in [2.45, 2.75) is 61.0 Å². The van der Waals surface area contributed by atoms with Crippen LogP contribution in [0.15, 0.2) is 0 Å². The molecule has 0 atom stereocenters. The minimum absolute atomic E-state index is 0.0463. The average Bonchev–Trinajstić information content (AvgIpc) is 2.01. The van der Waals surface area contributed by atoms with E-state index in [1.165, 1.54) is 0 Å². The van der Waals surface area contributed by atoms with Gasteiger partial charge in [0.2, 0.25) is 0 Å². The smallest absolute Gasteiger partial charge is 0.0746 e. The first-order valence-corrected chi connectivity index (χ1v) is 5.80. The molecule has 0 rings (SSSR count). The van der Waals surface area contributed by atoms with Gasteiger partial charge in [-0.05, 0) is 23.2 Å². The molecule has 0 aliphatic rings. The fourth-order valence-electron chi connectivity index (χ4n) is 2.62. The summed E-state index contributed by atoms with van der Waals surface area (Å²) in [5.74, 6) is 1.07. The molecule has 0 aliphatic carbocycles. The normalized spacial score (nSPS) is 14.6. The highest BCUT2D eigenvalue weighted by Crippen LogP contribution is 2.46. The maximum atomic E-state index is 10.9. The summed E-state index contributed by atoms with van der Waals surface area (Å²) in [6, 6.07) is 0. The van der Waals surface area contributed by atoms with Crippen LogP contribution in [-0.4, -0.2) is 10.7 Å². The molecule has 86 valence electrons. The first kappa shape index (κ1) is 14.0. The van der Waals surface area contributed by atoms with Crippen molar-refractivity contribution in [1.29, 1.82) is 0 Å². The molecule has 1 heteroatoms. The molecule has 1 N–H and O–H groups in total. The molecule has 0 fully saturated rings. The van der Waals surface area contributed by atoms with Gasteiger partial charge in [-0.25, -0.2) is 0 Å². The highest BCUT2D eigenvalue weighted by atomic mass is 16.3. The lowest BCUT2D eigenvalue weighted by Gasteiger charge is -2.51. The van der Waals surface area contributed by atoms with Crippen LogP contribution in [-0.2, 0) is 0 Å². The second-order valence-corrected chi connectivity index (χ2v) is 6.01. The van der Waals surface area contributed by atoms with Gasteiger partial charge in [0.15, 0.2) is 0 Å². The van der Waals surface area contributed by atoms with Crippen molar-refractivity contribution in [3.8, 4) is 0 Å². The monoisotopic (exact) mass is 200 g/mol. The summed E-state index contributed by atoms with van der Waals surface area (Å²) in [6.45, 7) is 17.2. The van der Waals surface area contributed by atoms with Gasteiger partial charge in [0, 0.05) is 0 Å².